The molecule has 0 aromatic rings. The fraction of sp³-hybridized carbons (Fsp3) is 0.958. The van der Waals surface area contributed by atoms with E-state index in [-0.39, 0.29) is 25.3 Å². The Hall–Kier alpha value is -0.690. The van der Waals surface area contributed by atoms with E-state index >= 15 is 0 Å². The van der Waals surface area contributed by atoms with Gasteiger partial charge in [0.15, 0.2) is 0 Å². The van der Waals surface area contributed by atoms with Crippen molar-refractivity contribution in [1.29, 1.82) is 0 Å². The van der Waals surface area contributed by atoms with Crippen LogP contribution in [0.1, 0.15) is 110 Å². The Morgan fingerprint density at radius 3 is 1.97 bits per heavy atom. The smallest absolute Gasteiger partial charge is 0.305 e. The summed E-state index contributed by atoms with van der Waals surface area (Å²) in [4.78, 5) is 11.5. The summed E-state index contributed by atoms with van der Waals surface area (Å²) in [5, 5.41) is 28.2. The SMILES string of the molecule is CCCCCCCCC(O)C(CCCCCCCC(=O)OCCCO)OCCCO. The summed E-state index contributed by atoms with van der Waals surface area (Å²) in [5.41, 5.74) is 0. The number of rotatable bonds is 23. The van der Waals surface area contributed by atoms with E-state index in [0.717, 1.165) is 51.4 Å². The minimum Gasteiger partial charge on any atom is -0.466 e. The van der Waals surface area contributed by atoms with Crippen molar-refractivity contribution in [2.75, 3.05) is 26.4 Å². The molecule has 0 fully saturated rings. The third-order valence-corrected chi connectivity index (χ3v) is 5.35. The minimum atomic E-state index is -0.427. The third kappa shape index (κ3) is 19.3. The van der Waals surface area contributed by atoms with E-state index in [4.69, 9.17) is 19.7 Å². The molecule has 2 atom stereocenters. The Kier molecular flexibility index (Phi) is 22.5. The van der Waals surface area contributed by atoms with E-state index in [0.29, 0.717) is 32.5 Å². The van der Waals surface area contributed by atoms with Gasteiger partial charge >= 0.3 is 5.97 Å². The molecule has 0 aliphatic carbocycles. The second-order valence-electron chi connectivity index (χ2n) is 8.21. The van der Waals surface area contributed by atoms with Gasteiger partial charge in [-0.3, -0.25) is 4.79 Å². The average molecular weight is 433 g/mol. The van der Waals surface area contributed by atoms with Crippen molar-refractivity contribution in [2.24, 2.45) is 0 Å². The Bertz CT molecular complexity index is 364. The molecule has 0 spiro atoms. The second kappa shape index (κ2) is 23.0. The molecule has 0 saturated carbocycles. The largest absolute Gasteiger partial charge is 0.466 e. The van der Waals surface area contributed by atoms with Crippen LogP contribution in [0.4, 0.5) is 0 Å². The van der Waals surface area contributed by atoms with Crippen LogP contribution in [0.5, 0.6) is 0 Å². The summed E-state index contributed by atoms with van der Waals surface area (Å²) < 4.78 is 10.9. The summed E-state index contributed by atoms with van der Waals surface area (Å²) in [6.07, 6.45) is 14.8. The minimum absolute atomic E-state index is 0.0473. The van der Waals surface area contributed by atoms with Crippen LogP contribution in [0, 0.1) is 0 Å². The molecule has 30 heavy (non-hydrogen) atoms. The Morgan fingerprint density at radius 2 is 1.30 bits per heavy atom. The molecule has 0 heterocycles. The lowest BCUT2D eigenvalue weighted by atomic mass is 9.99. The maximum absolute atomic E-state index is 11.5. The van der Waals surface area contributed by atoms with Crippen molar-refractivity contribution < 1.29 is 29.6 Å². The van der Waals surface area contributed by atoms with Crippen LogP contribution >= 0.6 is 0 Å². The van der Waals surface area contributed by atoms with Crippen molar-refractivity contribution in [1.82, 2.24) is 0 Å². The third-order valence-electron chi connectivity index (χ3n) is 5.35. The Morgan fingerprint density at radius 1 is 0.733 bits per heavy atom. The van der Waals surface area contributed by atoms with Gasteiger partial charge in [0, 0.05) is 32.7 Å². The van der Waals surface area contributed by atoms with Crippen LogP contribution in [0.15, 0.2) is 0 Å². The Labute approximate surface area is 184 Å². The quantitative estimate of drug-likeness (QED) is 0.162. The fourth-order valence-electron chi connectivity index (χ4n) is 3.47. The molecule has 180 valence electrons. The van der Waals surface area contributed by atoms with E-state index in [1.807, 2.05) is 0 Å². The van der Waals surface area contributed by atoms with Crippen molar-refractivity contribution in [3.63, 3.8) is 0 Å². The number of aliphatic hydroxyl groups is 3. The standard InChI is InChI=1S/C24H48O6/c1-2-3-4-5-7-10-15-22(27)23(29-20-13-18-25)16-11-8-6-9-12-17-24(28)30-21-14-19-26/h22-23,25-27H,2-21H2,1H3. The molecule has 0 amide bonds. The summed E-state index contributed by atoms with van der Waals surface area (Å²) in [6, 6.07) is 0. The first-order valence-electron chi connectivity index (χ1n) is 12.3. The van der Waals surface area contributed by atoms with E-state index in [1.54, 1.807) is 0 Å². The van der Waals surface area contributed by atoms with Crippen molar-refractivity contribution >= 4 is 5.97 Å². The molecule has 0 aliphatic heterocycles. The second-order valence-corrected chi connectivity index (χ2v) is 8.21. The van der Waals surface area contributed by atoms with E-state index in [9.17, 15) is 9.90 Å². The molecule has 0 radical (unpaired) electrons. The summed E-state index contributed by atoms with van der Waals surface area (Å²) in [7, 11) is 0. The lowest BCUT2D eigenvalue weighted by Gasteiger charge is -2.23. The predicted octanol–water partition coefficient (Wildman–Crippen LogP) is 4.52. The molecule has 6 heteroatoms. The van der Waals surface area contributed by atoms with Crippen LogP contribution in [0.3, 0.4) is 0 Å². The molecule has 3 N–H and O–H groups in total. The Balaban J connectivity index is 3.89. The van der Waals surface area contributed by atoms with Crippen molar-refractivity contribution in [2.45, 2.75) is 122 Å². The molecular formula is C24H48O6. The summed E-state index contributed by atoms with van der Waals surface area (Å²) >= 11 is 0. The van der Waals surface area contributed by atoms with Crippen molar-refractivity contribution in [3.05, 3.63) is 0 Å². The van der Waals surface area contributed by atoms with Gasteiger partial charge in [0.2, 0.25) is 0 Å². The highest BCUT2D eigenvalue weighted by Gasteiger charge is 2.19. The predicted molar refractivity (Wildman–Crippen MR) is 120 cm³/mol. The molecule has 0 saturated heterocycles. The van der Waals surface area contributed by atoms with Gasteiger partial charge < -0.3 is 24.8 Å². The summed E-state index contributed by atoms with van der Waals surface area (Å²) in [5.74, 6) is -0.182. The maximum atomic E-state index is 11.5. The van der Waals surface area contributed by atoms with Crippen LogP contribution < -0.4 is 0 Å². The lowest BCUT2D eigenvalue weighted by Crippen LogP contribution is -2.29. The summed E-state index contributed by atoms with van der Waals surface area (Å²) in [6.45, 7) is 3.17. The van der Waals surface area contributed by atoms with Gasteiger partial charge in [-0.25, -0.2) is 0 Å². The van der Waals surface area contributed by atoms with E-state index in [1.165, 1.54) is 32.1 Å². The molecule has 0 aliphatic rings. The lowest BCUT2D eigenvalue weighted by molar-refractivity contribution is -0.144. The number of aliphatic hydroxyl groups excluding tert-OH is 3. The van der Waals surface area contributed by atoms with E-state index < -0.39 is 6.10 Å². The first-order chi connectivity index (χ1) is 14.7. The van der Waals surface area contributed by atoms with Gasteiger partial charge in [-0.1, -0.05) is 71.1 Å². The molecule has 0 bridgehead atoms. The van der Waals surface area contributed by atoms with Gasteiger partial charge in [-0.05, 0) is 25.7 Å². The molecule has 0 rings (SSSR count). The number of carbonyl (C=O) groups excluding carboxylic acids is 1. The fourth-order valence-corrected chi connectivity index (χ4v) is 3.47. The molecule has 2 unspecified atom stereocenters. The first kappa shape index (κ1) is 29.3. The number of unbranched alkanes of at least 4 members (excludes halogenated alkanes) is 9. The number of esters is 1. The number of hydrogen-bond acceptors (Lipinski definition) is 6. The van der Waals surface area contributed by atoms with Crippen LogP contribution in [0.25, 0.3) is 0 Å². The zero-order valence-corrected chi connectivity index (χ0v) is 19.4. The zero-order valence-electron chi connectivity index (χ0n) is 19.4. The van der Waals surface area contributed by atoms with Crippen LogP contribution in [-0.4, -0.2) is 59.9 Å². The monoisotopic (exact) mass is 432 g/mol. The highest BCUT2D eigenvalue weighted by atomic mass is 16.5. The highest BCUT2D eigenvalue weighted by Crippen LogP contribution is 2.18. The average Bonchev–Trinajstić information content (AvgIpc) is 2.74. The van der Waals surface area contributed by atoms with Crippen LogP contribution in [-0.2, 0) is 14.3 Å². The number of carbonyl (C=O) groups is 1. The van der Waals surface area contributed by atoms with Gasteiger partial charge in [0.1, 0.15) is 0 Å². The normalized spacial score (nSPS) is 13.3. The molecular weight excluding hydrogens is 384 g/mol. The maximum Gasteiger partial charge on any atom is 0.305 e. The molecule has 0 aromatic heterocycles. The molecule has 6 nitrogen and oxygen atoms in total. The van der Waals surface area contributed by atoms with Gasteiger partial charge in [0.05, 0.1) is 18.8 Å². The first-order valence-corrected chi connectivity index (χ1v) is 12.3. The van der Waals surface area contributed by atoms with E-state index in [2.05, 4.69) is 6.92 Å². The number of ether oxygens (including phenoxy) is 2. The van der Waals surface area contributed by atoms with Gasteiger partial charge in [-0.2, -0.15) is 0 Å². The van der Waals surface area contributed by atoms with Crippen molar-refractivity contribution in [3.8, 4) is 0 Å². The highest BCUT2D eigenvalue weighted by molar-refractivity contribution is 5.69. The topological polar surface area (TPSA) is 96.2 Å². The molecule has 0 aromatic carbocycles. The zero-order chi connectivity index (χ0) is 22.3. The van der Waals surface area contributed by atoms with Gasteiger partial charge in [0.25, 0.3) is 0 Å². The van der Waals surface area contributed by atoms with Crippen LogP contribution in [0.2, 0.25) is 0 Å². The number of hydrogen-bond donors (Lipinski definition) is 3. The van der Waals surface area contributed by atoms with Gasteiger partial charge in [-0.15, -0.1) is 0 Å².